The zero-order valence-corrected chi connectivity index (χ0v) is 15.9. The van der Waals surface area contributed by atoms with Gasteiger partial charge in [-0.1, -0.05) is 60.7 Å². The summed E-state index contributed by atoms with van der Waals surface area (Å²) in [5.41, 5.74) is 2.35. The molecule has 1 unspecified atom stereocenters. The van der Waals surface area contributed by atoms with Gasteiger partial charge in [-0.2, -0.15) is 0 Å². The first-order valence-electron chi connectivity index (χ1n) is 9.78. The van der Waals surface area contributed by atoms with Gasteiger partial charge >= 0.3 is 0 Å². The fraction of sp³-hybridized carbons (Fsp3) is 0.391. The molecular weight excluding hydrogens is 336 g/mol. The van der Waals surface area contributed by atoms with E-state index in [2.05, 4.69) is 34.9 Å². The molecule has 0 aliphatic heterocycles. The van der Waals surface area contributed by atoms with Crippen molar-refractivity contribution in [2.75, 3.05) is 0 Å². The maximum absolute atomic E-state index is 12.6. The van der Waals surface area contributed by atoms with E-state index in [9.17, 15) is 9.59 Å². The number of hydrogen-bond donors (Lipinski definition) is 2. The lowest BCUT2D eigenvalue weighted by molar-refractivity contribution is -0.123. The molecule has 2 aromatic rings. The van der Waals surface area contributed by atoms with E-state index in [1.807, 2.05) is 36.4 Å². The van der Waals surface area contributed by atoms with Crippen molar-refractivity contribution in [1.82, 2.24) is 10.6 Å². The first kappa shape index (κ1) is 19.2. The van der Waals surface area contributed by atoms with Crippen molar-refractivity contribution < 1.29 is 9.59 Å². The molecule has 4 heteroatoms. The summed E-state index contributed by atoms with van der Waals surface area (Å²) >= 11 is 0. The van der Waals surface area contributed by atoms with Gasteiger partial charge in [-0.15, -0.1) is 0 Å². The molecule has 1 atom stereocenters. The summed E-state index contributed by atoms with van der Waals surface area (Å²) in [6, 6.07) is 20.2. The van der Waals surface area contributed by atoms with Crippen LogP contribution >= 0.6 is 0 Å². The van der Waals surface area contributed by atoms with Crippen LogP contribution in [0.3, 0.4) is 0 Å². The van der Waals surface area contributed by atoms with Crippen LogP contribution in [0.1, 0.15) is 62.1 Å². The lowest BCUT2D eigenvalue weighted by Crippen LogP contribution is -2.39. The Morgan fingerprint density at radius 2 is 1.52 bits per heavy atom. The predicted molar refractivity (Wildman–Crippen MR) is 107 cm³/mol. The molecule has 0 radical (unpaired) electrons. The van der Waals surface area contributed by atoms with Crippen LogP contribution in [0.2, 0.25) is 0 Å². The molecule has 4 nitrogen and oxygen atoms in total. The van der Waals surface area contributed by atoms with Crippen molar-refractivity contribution in [2.45, 2.75) is 57.0 Å². The minimum absolute atomic E-state index is 0.000708. The minimum atomic E-state index is -0.288. The van der Waals surface area contributed by atoms with E-state index in [-0.39, 0.29) is 30.3 Å². The zero-order chi connectivity index (χ0) is 19.1. The molecule has 142 valence electrons. The molecule has 2 aromatic carbocycles. The van der Waals surface area contributed by atoms with Gasteiger partial charge in [-0.25, -0.2) is 0 Å². The number of hydrogen-bond acceptors (Lipinski definition) is 2. The van der Waals surface area contributed by atoms with E-state index in [0.29, 0.717) is 5.92 Å². The Hall–Kier alpha value is -2.62. The van der Waals surface area contributed by atoms with Crippen LogP contribution in [0.25, 0.3) is 0 Å². The molecule has 1 fully saturated rings. The van der Waals surface area contributed by atoms with E-state index >= 15 is 0 Å². The first-order valence-corrected chi connectivity index (χ1v) is 9.78. The van der Waals surface area contributed by atoms with Gasteiger partial charge in [0.2, 0.25) is 11.8 Å². The van der Waals surface area contributed by atoms with Crippen LogP contribution in [-0.4, -0.2) is 17.9 Å². The highest BCUT2D eigenvalue weighted by atomic mass is 16.2. The first-order chi connectivity index (χ1) is 13.1. The Bertz CT molecular complexity index is 737. The predicted octanol–water partition coefficient (Wildman–Crippen LogP) is 4.10. The maximum atomic E-state index is 12.6. The second-order valence-electron chi connectivity index (χ2n) is 7.39. The van der Waals surface area contributed by atoms with E-state index in [0.717, 1.165) is 31.2 Å². The third kappa shape index (κ3) is 5.68. The number of rotatable bonds is 6. The highest BCUT2D eigenvalue weighted by Gasteiger charge is 2.24. The van der Waals surface area contributed by atoms with Crippen LogP contribution < -0.4 is 10.6 Å². The summed E-state index contributed by atoms with van der Waals surface area (Å²) in [5.74, 6) is 0.469. The molecular formula is C23H28N2O2. The fourth-order valence-electron chi connectivity index (χ4n) is 3.95. The van der Waals surface area contributed by atoms with Gasteiger partial charge in [0.1, 0.15) is 0 Å². The van der Waals surface area contributed by atoms with Gasteiger partial charge in [0, 0.05) is 13.0 Å². The topological polar surface area (TPSA) is 58.2 Å². The van der Waals surface area contributed by atoms with Gasteiger partial charge in [0.15, 0.2) is 0 Å². The van der Waals surface area contributed by atoms with Crippen LogP contribution in [-0.2, 0) is 9.59 Å². The summed E-state index contributed by atoms with van der Waals surface area (Å²) in [4.78, 5) is 24.1. The van der Waals surface area contributed by atoms with E-state index in [1.54, 1.807) is 0 Å². The Morgan fingerprint density at radius 3 is 2.11 bits per heavy atom. The molecule has 2 N–H and O–H groups in total. The summed E-state index contributed by atoms with van der Waals surface area (Å²) in [5, 5.41) is 6.07. The molecule has 2 amide bonds. The third-order valence-electron chi connectivity index (χ3n) is 5.33. The summed E-state index contributed by atoms with van der Waals surface area (Å²) in [6.45, 7) is 1.48. The van der Waals surface area contributed by atoms with Gasteiger partial charge in [-0.3, -0.25) is 9.59 Å². The van der Waals surface area contributed by atoms with E-state index in [4.69, 9.17) is 0 Å². The Labute approximate surface area is 161 Å². The molecule has 0 saturated heterocycles. The van der Waals surface area contributed by atoms with E-state index in [1.165, 1.54) is 12.5 Å². The number of benzene rings is 2. The molecule has 3 rings (SSSR count). The zero-order valence-electron chi connectivity index (χ0n) is 15.9. The highest BCUT2D eigenvalue weighted by molar-refractivity contribution is 5.79. The second-order valence-corrected chi connectivity index (χ2v) is 7.39. The molecule has 0 bridgehead atoms. The average Bonchev–Trinajstić information content (AvgIpc) is 2.69. The molecule has 0 spiro atoms. The molecule has 1 aliphatic carbocycles. The van der Waals surface area contributed by atoms with Gasteiger partial charge < -0.3 is 10.6 Å². The van der Waals surface area contributed by atoms with Crippen LogP contribution in [0.5, 0.6) is 0 Å². The van der Waals surface area contributed by atoms with Gasteiger partial charge in [0.05, 0.1) is 12.5 Å². The van der Waals surface area contributed by atoms with Crippen LogP contribution in [0.4, 0.5) is 0 Å². The van der Waals surface area contributed by atoms with Gasteiger partial charge in [-0.05, 0) is 42.7 Å². The Kier molecular flexibility index (Phi) is 6.64. The minimum Gasteiger partial charge on any atom is -0.353 e. The lowest BCUT2D eigenvalue weighted by atomic mass is 9.81. The summed E-state index contributed by atoms with van der Waals surface area (Å²) in [6.07, 6.45) is 4.47. The van der Waals surface area contributed by atoms with Crippen LogP contribution in [0, 0.1) is 0 Å². The molecule has 27 heavy (non-hydrogen) atoms. The van der Waals surface area contributed by atoms with Crippen molar-refractivity contribution in [3.63, 3.8) is 0 Å². The second kappa shape index (κ2) is 9.36. The number of carbonyl (C=O) groups excluding carboxylic acids is 2. The highest BCUT2D eigenvalue weighted by Crippen LogP contribution is 2.32. The van der Waals surface area contributed by atoms with Gasteiger partial charge in [0.25, 0.3) is 0 Å². The average molecular weight is 364 g/mol. The smallest absolute Gasteiger partial charge is 0.222 e. The van der Waals surface area contributed by atoms with Crippen molar-refractivity contribution in [1.29, 1.82) is 0 Å². The monoisotopic (exact) mass is 364 g/mol. The summed E-state index contributed by atoms with van der Waals surface area (Å²) < 4.78 is 0. The quantitative estimate of drug-likeness (QED) is 0.811. The van der Waals surface area contributed by atoms with E-state index < -0.39 is 0 Å². The number of nitrogens with one attached hydrogen (secondary N) is 2. The largest absolute Gasteiger partial charge is 0.353 e. The third-order valence-corrected chi connectivity index (χ3v) is 5.33. The normalized spacial score (nSPS) is 20.5. The lowest BCUT2D eigenvalue weighted by Gasteiger charge is -2.30. The molecule has 0 heterocycles. The number of amides is 2. The van der Waals surface area contributed by atoms with Crippen molar-refractivity contribution in [3.05, 3.63) is 71.8 Å². The van der Waals surface area contributed by atoms with Crippen LogP contribution in [0.15, 0.2) is 60.7 Å². The number of carbonyl (C=O) groups is 2. The molecule has 0 aromatic heterocycles. The standard InChI is InChI=1S/C23H28N2O2/c1-17(26)24-22(20-10-6-3-7-11-20)16-23(27)25-21-14-12-19(13-15-21)18-8-4-2-5-9-18/h2-11,19,21-22H,12-16H2,1H3,(H,24,26)(H,25,27). The van der Waals surface area contributed by atoms with Crippen molar-refractivity contribution in [3.8, 4) is 0 Å². The summed E-state index contributed by atoms with van der Waals surface area (Å²) in [7, 11) is 0. The fourth-order valence-corrected chi connectivity index (χ4v) is 3.95. The SMILES string of the molecule is CC(=O)NC(CC(=O)NC1CCC(c2ccccc2)CC1)c1ccccc1. The molecule has 1 aliphatic rings. The van der Waals surface area contributed by atoms with Crippen molar-refractivity contribution >= 4 is 11.8 Å². The van der Waals surface area contributed by atoms with Crippen molar-refractivity contribution in [2.24, 2.45) is 0 Å². The maximum Gasteiger partial charge on any atom is 0.222 e. The molecule has 1 saturated carbocycles. The Morgan fingerprint density at radius 1 is 0.926 bits per heavy atom. The Balaban J connectivity index is 1.52.